The molecule has 1 N–H and O–H groups in total. The molecule has 2 unspecified atom stereocenters. The van der Waals surface area contributed by atoms with Crippen molar-refractivity contribution in [3.63, 3.8) is 0 Å². The van der Waals surface area contributed by atoms with Gasteiger partial charge in [0.1, 0.15) is 6.10 Å². The summed E-state index contributed by atoms with van der Waals surface area (Å²) in [4.78, 5) is 0. The van der Waals surface area contributed by atoms with E-state index >= 15 is 0 Å². The van der Waals surface area contributed by atoms with E-state index in [1.165, 1.54) is 25.7 Å². The van der Waals surface area contributed by atoms with Gasteiger partial charge in [-0.2, -0.15) is 0 Å². The highest BCUT2D eigenvalue weighted by atomic mass is 16.6. The smallest absolute Gasteiger partial charge is 0.110 e. The Hall–Kier alpha value is -0.0800. The normalized spacial score (nSPS) is 44.7. The van der Waals surface area contributed by atoms with Crippen LogP contribution in [0.5, 0.6) is 0 Å². The van der Waals surface area contributed by atoms with E-state index < -0.39 is 0 Å². The lowest BCUT2D eigenvalue weighted by Crippen LogP contribution is -2.22. The van der Waals surface area contributed by atoms with Gasteiger partial charge in [0.15, 0.2) is 0 Å². The third-order valence-electron chi connectivity index (χ3n) is 3.31. The molecule has 1 saturated heterocycles. The summed E-state index contributed by atoms with van der Waals surface area (Å²) in [6.07, 6.45) is 5.44. The van der Waals surface area contributed by atoms with Crippen LogP contribution in [-0.4, -0.2) is 23.4 Å². The Labute approximate surface area is 67.6 Å². The summed E-state index contributed by atoms with van der Waals surface area (Å²) in [5.41, 5.74) is 0.0469. The molecule has 2 rings (SSSR count). The van der Waals surface area contributed by atoms with Crippen molar-refractivity contribution in [2.75, 3.05) is 6.61 Å². The average molecular weight is 156 g/mol. The van der Waals surface area contributed by atoms with Crippen LogP contribution in [0, 0.1) is 5.92 Å². The van der Waals surface area contributed by atoms with Crippen LogP contribution in [0.3, 0.4) is 0 Å². The maximum absolute atomic E-state index is 8.88. The maximum Gasteiger partial charge on any atom is 0.110 e. The summed E-state index contributed by atoms with van der Waals surface area (Å²) in [6, 6.07) is 0. The first-order valence-corrected chi connectivity index (χ1v) is 4.56. The summed E-state index contributed by atoms with van der Waals surface area (Å²) in [5.74, 6) is 0.722. The molecule has 1 heterocycles. The molecule has 0 spiro atoms. The summed E-state index contributed by atoms with van der Waals surface area (Å²) in [6.45, 7) is 2.34. The number of ether oxygens (including phenoxy) is 1. The summed E-state index contributed by atoms with van der Waals surface area (Å²) >= 11 is 0. The van der Waals surface area contributed by atoms with Crippen LogP contribution in [0.15, 0.2) is 0 Å². The zero-order valence-corrected chi connectivity index (χ0v) is 7.05. The van der Waals surface area contributed by atoms with Crippen molar-refractivity contribution < 1.29 is 9.84 Å². The zero-order valence-electron chi connectivity index (χ0n) is 7.05. The number of aliphatic hydroxyl groups is 1. The molecular formula is C9H16O2. The molecule has 0 aromatic rings. The number of epoxide rings is 1. The quantitative estimate of drug-likeness (QED) is 0.612. The fraction of sp³-hybridized carbons (Fsp3) is 1.00. The monoisotopic (exact) mass is 156 g/mol. The largest absolute Gasteiger partial charge is 0.394 e. The Morgan fingerprint density at radius 1 is 1.45 bits per heavy atom. The Morgan fingerprint density at radius 2 is 2.09 bits per heavy atom. The number of rotatable bonds is 2. The highest BCUT2D eigenvalue weighted by Crippen LogP contribution is 2.48. The van der Waals surface area contributed by atoms with Gasteiger partial charge in [0.05, 0.1) is 12.2 Å². The van der Waals surface area contributed by atoms with Crippen molar-refractivity contribution in [1.29, 1.82) is 0 Å². The van der Waals surface area contributed by atoms with Crippen molar-refractivity contribution in [3.8, 4) is 0 Å². The van der Waals surface area contributed by atoms with E-state index in [1.54, 1.807) is 0 Å². The molecule has 0 bridgehead atoms. The Morgan fingerprint density at radius 3 is 2.55 bits per heavy atom. The highest BCUT2D eigenvalue weighted by molar-refractivity contribution is 5.04. The van der Waals surface area contributed by atoms with Crippen LogP contribution in [0.4, 0.5) is 0 Å². The van der Waals surface area contributed by atoms with Gasteiger partial charge in [0, 0.05) is 0 Å². The van der Waals surface area contributed by atoms with Crippen molar-refractivity contribution >= 4 is 0 Å². The van der Waals surface area contributed by atoms with Crippen molar-refractivity contribution in [2.45, 2.75) is 44.3 Å². The fourth-order valence-corrected chi connectivity index (χ4v) is 2.35. The van der Waals surface area contributed by atoms with Crippen molar-refractivity contribution in [1.82, 2.24) is 0 Å². The topological polar surface area (TPSA) is 32.8 Å². The van der Waals surface area contributed by atoms with E-state index in [4.69, 9.17) is 9.84 Å². The standard InChI is InChI=1S/C9H16O2/c1-9(8(6-10)11-9)7-4-2-3-5-7/h7-8,10H,2-6H2,1H3. The zero-order chi connectivity index (χ0) is 7.90. The van der Waals surface area contributed by atoms with Crippen molar-refractivity contribution in [2.24, 2.45) is 5.92 Å². The van der Waals surface area contributed by atoms with Crippen LogP contribution >= 0.6 is 0 Å². The maximum atomic E-state index is 8.88. The van der Waals surface area contributed by atoms with E-state index in [2.05, 4.69) is 6.92 Å². The molecule has 0 amide bonds. The highest BCUT2D eigenvalue weighted by Gasteiger charge is 2.57. The van der Waals surface area contributed by atoms with E-state index in [-0.39, 0.29) is 18.3 Å². The third-order valence-corrected chi connectivity index (χ3v) is 3.31. The first-order chi connectivity index (χ1) is 5.27. The summed E-state index contributed by atoms with van der Waals surface area (Å²) in [5, 5.41) is 8.88. The van der Waals surface area contributed by atoms with Crippen LogP contribution in [0.2, 0.25) is 0 Å². The molecule has 2 nitrogen and oxygen atoms in total. The predicted molar refractivity (Wildman–Crippen MR) is 42.3 cm³/mol. The molecule has 2 fully saturated rings. The predicted octanol–water partition coefficient (Wildman–Crippen LogP) is 1.33. The first-order valence-electron chi connectivity index (χ1n) is 4.56. The lowest BCUT2D eigenvalue weighted by atomic mass is 9.89. The van der Waals surface area contributed by atoms with Gasteiger partial charge < -0.3 is 9.84 Å². The lowest BCUT2D eigenvalue weighted by Gasteiger charge is -2.13. The minimum absolute atomic E-state index is 0.0469. The molecule has 2 atom stereocenters. The van der Waals surface area contributed by atoms with E-state index in [9.17, 15) is 0 Å². The van der Waals surface area contributed by atoms with E-state index in [0.29, 0.717) is 0 Å². The first kappa shape index (κ1) is 7.56. The van der Waals surface area contributed by atoms with Gasteiger partial charge in [-0.25, -0.2) is 0 Å². The molecule has 2 aliphatic rings. The number of aliphatic hydroxyl groups excluding tert-OH is 1. The molecule has 1 aliphatic carbocycles. The molecule has 2 heteroatoms. The summed E-state index contributed by atoms with van der Waals surface area (Å²) in [7, 11) is 0. The number of hydrogen-bond donors (Lipinski definition) is 1. The third kappa shape index (κ3) is 1.09. The van der Waals surface area contributed by atoms with Crippen LogP contribution < -0.4 is 0 Å². The molecular weight excluding hydrogens is 140 g/mol. The van der Waals surface area contributed by atoms with Gasteiger partial charge in [-0.15, -0.1) is 0 Å². The van der Waals surface area contributed by atoms with E-state index in [0.717, 1.165) is 5.92 Å². The Balaban J connectivity index is 1.94. The average Bonchev–Trinajstić information content (AvgIpc) is 2.55. The molecule has 1 aliphatic heterocycles. The fourth-order valence-electron chi connectivity index (χ4n) is 2.35. The molecule has 64 valence electrons. The molecule has 0 aromatic heterocycles. The lowest BCUT2D eigenvalue weighted by molar-refractivity contribution is 0.217. The van der Waals surface area contributed by atoms with Gasteiger partial charge in [-0.1, -0.05) is 12.8 Å². The summed E-state index contributed by atoms with van der Waals surface area (Å²) < 4.78 is 5.49. The van der Waals surface area contributed by atoms with Gasteiger partial charge in [-0.05, 0) is 25.7 Å². The van der Waals surface area contributed by atoms with E-state index in [1.807, 2.05) is 0 Å². The van der Waals surface area contributed by atoms with Crippen molar-refractivity contribution in [3.05, 3.63) is 0 Å². The van der Waals surface area contributed by atoms with Gasteiger partial charge in [0.25, 0.3) is 0 Å². The molecule has 11 heavy (non-hydrogen) atoms. The van der Waals surface area contributed by atoms with Gasteiger partial charge >= 0.3 is 0 Å². The molecule has 0 radical (unpaired) electrons. The minimum Gasteiger partial charge on any atom is -0.394 e. The number of hydrogen-bond acceptors (Lipinski definition) is 2. The van der Waals surface area contributed by atoms with Crippen LogP contribution in [0.1, 0.15) is 32.6 Å². The molecule has 0 aromatic carbocycles. The Kier molecular flexibility index (Phi) is 1.69. The minimum atomic E-state index is 0.0469. The molecule has 1 saturated carbocycles. The van der Waals surface area contributed by atoms with Gasteiger partial charge in [0.2, 0.25) is 0 Å². The second-order valence-electron chi connectivity index (χ2n) is 3.95. The van der Waals surface area contributed by atoms with Crippen LogP contribution in [-0.2, 0) is 4.74 Å². The van der Waals surface area contributed by atoms with Crippen LogP contribution in [0.25, 0.3) is 0 Å². The Bertz CT molecular complexity index is 152. The second-order valence-corrected chi connectivity index (χ2v) is 3.95. The van der Waals surface area contributed by atoms with Gasteiger partial charge in [-0.3, -0.25) is 0 Å². The SMILES string of the molecule is CC1(C2CCCC2)OC1CO. The second kappa shape index (κ2) is 2.46.